The van der Waals surface area contributed by atoms with E-state index in [0.717, 1.165) is 48.2 Å². The molecule has 5 nitrogen and oxygen atoms in total. The van der Waals surface area contributed by atoms with Gasteiger partial charge in [0.25, 0.3) is 0 Å². The van der Waals surface area contributed by atoms with Crippen LogP contribution in [0.15, 0.2) is 84.9 Å². The van der Waals surface area contributed by atoms with Gasteiger partial charge in [-0.1, -0.05) is 60.7 Å². The molecule has 0 aromatic heterocycles. The van der Waals surface area contributed by atoms with Crippen molar-refractivity contribution in [1.29, 1.82) is 0 Å². The van der Waals surface area contributed by atoms with Crippen LogP contribution in [0.25, 0.3) is 0 Å². The monoisotopic (exact) mass is 417 g/mol. The van der Waals surface area contributed by atoms with Crippen LogP contribution in [0.2, 0.25) is 0 Å². The normalized spacial score (nSPS) is 10.5. The van der Waals surface area contributed by atoms with E-state index in [-0.39, 0.29) is 6.42 Å². The maximum Gasteiger partial charge on any atom is 0.418 e. The fourth-order valence-corrected chi connectivity index (χ4v) is 3.42. The topological polar surface area (TPSA) is 66.8 Å². The molecule has 160 valence electrons. The number of unbranched alkanes of at least 4 members (excludes halogenated alkanes) is 2. The predicted molar refractivity (Wildman–Crippen MR) is 122 cm³/mol. The van der Waals surface area contributed by atoms with Crippen molar-refractivity contribution in [3.8, 4) is 0 Å². The number of para-hydroxylation sites is 2. The van der Waals surface area contributed by atoms with Gasteiger partial charge in [-0.05, 0) is 61.1 Å². The number of carbonyl (C=O) groups excluding carboxylic acids is 1. The highest BCUT2D eigenvalue weighted by Gasteiger charge is 2.18. The molecular formula is C26H27NO4. The summed E-state index contributed by atoms with van der Waals surface area (Å²) in [6.45, 7) is 0.355. The summed E-state index contributed by atoms with van der Waals surface area (Å²) in [5, 5.41) is 8.92. The van der Waals surface area contributed by atoms with Gasteiger partial charge in [0.2, 0.25) is 0 Å². The van der Waals surface area contributed by atoms with Crippen molar-refractivity contribution in [3.63, 3.8) is 0 Å². The Hall–Kier alpha value is -3.60. The van der Waals surface area contributed by atoms with Gasteiger partial charge in [0.05, 0.1) is 24.4 Å². The number of amides is 1. The smallest absolute Gasteiger partial charge is 0.418 e. The van der Waals surface area contributed by atoms with E-state index in [1.807, 2.05) is 84.9 Å². The maximum atomic E-state index is 12.8. The van der Waals surface area contributed by atoms with Crippen molar-refractivity contribution < 1.29 is 19.4 Å². The molecule has 0 saturated heterocycles. The molecule has 0 atom stereocenters. The van der Waals surface area contributed by atoms with Crippen LogP contribution in [-0.4, -0.2) is 23.8 Å². The number of aliphatic carboxylic acids is 1. The number of nitrogens with zero attached hydrogens (tertiary/aromatic N) is 1. The van der Waals surface area contributed by atoms with Crippen LogP contribution in [0.5, 0.6) is 0 Å². The van der Waals surface area contributed by atoms with Crippen LogP contribution >= 0.6 is 0 Å². The number of benzene rings is 3. The molecule has 0 aliphatic rings. The second kappa shape index (κ2) is 11.6. The third-order valence-corrected chi connectivity index (χ3v) is 4.89. The molecule has 0 bridgehead atoms. The molecule has 3 rings (SSSR count). The summed E-state index contributed by atoms with van der Waals surface area (Å²) in [5.41, 5.74) is 3.48. The summed E-state index contributed by atoms with van der Waals surface area (Å²) in [6, 6.07) is 26.6. The minimum absolute atomic E-state index is 0.0448. The Morgan fingerprint density at radius 2 is 1.35 bits per heavy atom. The number of ether oxygens (including phenoxy) is 1. The Labute approximate surface area is 182 Å². The molecule has 0 spiro atoms. The lowest BCUT2D eigenvalue weighted by Gasteiger charge is -2.22. The zero-order valence-corrected chi connectivity index (χ0v) is 17.4. The van der Waals surface area contributed by atoms with Crippen molar-refractivity contribution in [2.24, 2.45) is 0 Å². The number of carboxylic acids is 1. The van der Waals surface area contributed by atoms with E-state index in [9.17, 15) is 9.59 Å². The van der Waals surface area contributed by atoms with E-state index in [1.54, 1.807) is 4.90 Å². The van der Waals surface area contributed by atoms with Crippen LogP contribution in [0, 0.1) is 0 Å². The molecular weight excluding hydrogens is 390 g/mol. The minimum Gasteiger partial charge on any atom is -0.481 e. The quantitative estimate of drug-likeness (QED) is 0.411. The third-order valence-electron chi connectivity index (χ3n) is 4.89. The maximum absolute atomic E-state index is 12.8. The molecule has 0 aliphatic heterocycles. The molecule has 0 fully saturated rings. The molecule has 3 aromatic carbocycles. The van der Waals surface area contributed by atoms with Gasteiger partial charge >= 0.3 is 12.1 Å². The van der Waals surface area contributed by atoms with E-state index in [2.05, 4.69) is 0 Å². The second-order valence-corrected chi connectivity index (χ2v) is 7.32. The Kier molecular flexibility index (Phi) is 8.23. The third kappa shape index (κ3) is 7.00. The lowest BCUT2D eigenvalue weighted by Crippen LogP contribution is -2.27. The summed E-state index contributed by atoms with van der Waals surface area (Å²) in [5.74, 6) is -0.820. The summed E-state index contributed by atoms with van der Waals surface area (Å²) >= 11 is 0. The highest BCUT2D eigenvalue weighted by Crippen LogP contribution is 2.25. The lowest BCUT2D eigenvalue weighted by atomic mass is 10.0. The number of hydrogen-bond acceptors (Lipinski definition) is 3. The molecule has 0 heterocycles. The first-order valence-electron chi connectivity index (χ1n) is 10.5. The number of hydrogen-bond donors (Lipinski definition) is 1. The Balaban J connectivity index is 1.46. The van der Waals surface area contributed by atoms with Crippen molar-refractivity contribution in [2.75, 3.05) is 11.5 Å². The van der Waals surface area contributed by atoms with Gasteiger partial charge < -0.3 is 9.84 Å². The number of aryl methyl sites for hydroxylation is 1. The lowest BCUT2D eigenvalue weighted by molar-refractivity contribution is -0.136. The first-order chi connectivity index (χ1) is 15.1. The van der Waals surface area contributed by atoms with E-state index >= 15 is 0 Å². The molecule has 0 radical (unpaired) electrons. The number of anilines is 2. The number of rotatable bonds is 10. The molecule has 3 aromatic rings. The van der Waals surface area contributed by atoms with Crippen molar-refractivity contribution in [2.45, 2.75) is 32.1 Å². The van der Waals surface area contributed by atoms with Crippen molar-refractivity contribution in [1.82, 2.24) is 0 Å². The second-order valence-electron chi connectivity index (χ2n) is 7.32. The largest absolute Gasteiger partial charge is 0.481 e. The Bertz CT molecular complexity index is 933. The minimum atomic E-state index is -0.820. The zero-order chi connectivity index (χ0) is 21.9. The van der Waals surface area contributed by atoms with E-state index in [0.29, 0.717) is 6.61 Å². The summed E-state index contributed by atoms with van der Waals surface area (Å²) in [4.78, 5) is 25.2. The number of carbonyl (C=O) groups is 2. The summed E-state index contributed by atoms with van der Waals surface area (Å²) < 4.78 is 5.55. The van der Waals surface area contributed by atoms with Crippen LogP contribution in [0.4, 0.5) is 16.2 Å². The van der Waals surface area contributed by atoms with Gasteiger partial charge in [-0.2, -0.15) is 0 Å². The van der Waals surface area contributed by atoms with Crippen molar-refractivity contribution in [3.05, 3.63) is 96.1 Å². The average molecular weight is 418 g/mol. The van der Waals surface area contributed by atoms with Crippen molar-refractivity contribution >= 4 is 23.4 Å². The first kappa shape index (κ1) is 22.1. The highest BCUT2D eigenvalue weighted by atomic mass is 16.6. The SMILES string of the molecule is O=C(O)Cc1cccc(CCCCCOC(=O)N(c2ccccc2)c2ccccc2)c1. The predicted octanol–water partition coefficient (Wildman–Crippen LogP) is 6.00. The molecule has 31 heavy (non-hydrogen) atoms. The van der Waals surface area contributed by atoms with Gasteiger partial charge in [-0.3, -0.25) is 4.79 Å². The van der Waals surface area contributed by atoms with Gasteiger partial charge in [0.1, 0.15) is 0 Å². The Morgan fingerprint density at radius 3 is 1.97 bits per heavy atom. The van der Waals surface area contributed by atoms with Gasteiger partial charge in [0.15, 0.2) is 0 Å². The van der Waals surface area contributed by atoms with Crippen LogP contribution in [0.1, 0.15) is 30.4 Å². The van der Waals surface area contributed by atoms with Gasteiger partial charge in [-0.25, -0.2) is 9.69 Å². The van der Waals surface area contributed by atoms with E-state index < -0.39 is 12.1 Å². The average Bonchev–Trinajstić information content (AvgIpc) is 2.78. The van der Waals surface area contributed by atoms with E-state index in [1.165, 1.54) is 0 Å². The van der Waals surface area contributed by atoms with Crippen LogP contribution in [0.3, 0.4) is 0 Å². The van der Waals surface area contributed by atoms with Crippen LogP contribution < -0.4 is 4.90 Å². The summed E-state index contributed by atoms with van der Waals surface area (Å²) in [7, 11) is 0. The first-order valence-corrected chi connectivity index (χ1v) is 10.5. The molecule has 0 unspecified atom stereocenters. The van der Waals surface area contributed by atoms with Gasteiger partial charge in [-0.15, -0.1) is 0 Å². The zero-order valence-electron chi connectivity index (χ0n) is 17.4. The van der Waals surface area contributed by atoms with E-state index in [4.69, 9.17) is 9.84 Å². The molecule has 5 heteroatoms. The molecule has 0 saturated carbocycles. The molecule has 1 N–H and O–H groups in total. The standard InChI is InChI=1S/C26H27NO4/c28-25(29)20-22-13-10-12-21(19-22)11-4-3-9-18-31-26(30)27(23-14-5-1-6-15-23)24-16-7-2-8-17-24/h1-2,5-8,10,12-17,19H,3-4,9,11,18,20H2,(H,28,29). The highest BCUT2D eigenvalue weighted by molar-refractivity contribution is 5.95. The van der Waals surface area contributed by atoms with Crippen LogP contribution in [-0.2, 0) is 22.4 Å². The fraction of sp³-hybridized carbons (Fsp3) is 0.231. The fourth-order valence-electron chi connectivity index (χ4n) is 3.42. The molecule has 0 aliphatic carbocycles. The van der Waals surface area contributed by atoms with Gasteiger partial charge in [0, 0.05) is 0 Å². The summed E-state index contributed by atoms with van der Waals surface area (Å²) in [6.07, 6.45) is 3.18. The number of carboxylic acid groups (broad SMARTS) is 1. The Morgan fingerprint density at radius 1 is 0.742 bits per heavy atom. The molecule has 1 amide bonds.